The van der Waals surface area contributed by atoms with Gasteiger partial charge in [-0.3, -0.25) is 4.79 Å². The fourth-order valence-electron chi connectivity index (χ4n) is 1.35. The number of benzene rings is 1. The van der Waals surface area contributed by atoms with E-state index in [1.54, 1.807) is 0 Å². The molecule has 5 nitrogen and oxygen atoms in total. The highest BCUT2D eigenvalue weighted by Gasteiger charge is 2.13. The molecule has 19 heavy (non-hydrogen) atoms. The van der Waals surface area contributed by atoms with E-state index in [4.69, 9.17) is 23.2 Å². The minimum absolute atomic E-state index is 0.00544. The molecule has 0 radical (unpaired) electrons. The second-order valence-electron chi connectivity index (χ2n) is 3.46. The summed E-state index contributed by atoms with van der Waals surface area (Å²) in [6, 6.07) is 4.48. The largest absolute Gasteiger partial charge is 0.332 e. The summed E-state index contributed by atoms with van der Waals surface area (Å²) in [5.41, 5.74) is -0.430. The van der Waals surface area contributed by atoms with Gasteiger partial charge in [-0.25, -0.2) is 0 Å². The smallest absolute Gasteiger partial charge is 0.266 e. The normalized spacial score (nSPS) is 11.5. The van der Waals surface area contributed by atoms with Crippen LogP contribution in [0.3, 0.4) is 0 Å². The third kappa shape index (κ3) is 2.78. The van der Waals surface area contributed by atoms with Crippen molar-refractivity contribution in [2.24, 2.45) is 0 Å². The summed E-state index contributed by atoms with van der Waals surface area (Å²) in [4.78, 5) is 11.3. The lowest BCUT2D eigenvalue weighted by Gasteiger charge is -2.05. The predicted octanol–water partition coefficient (Wildman–Crippen LogP) is 2.20. The zero-order valence-corrected chi connectivity index (χ0v) is 11.4. The number of aromatic nitrogens is 2. The van der Waals surface area contributed by atoms with E-state index in [2.05, 4.69) is 5.10 Å². The lowest BCUT2D eigenvalue weighted by molar-refractivity contribution is 0.552. The third-order valence-corrected chi connectivity index (χ3v) is 3.82. The van der Waals surface area contributed by atoms with Gasteiger partial charge in [-0.05, 0) is 24.3 Å². The van der Waals surface area contributed by atoms with E-state index in [1.165, 1.54) is 18.3 Å². The Morgan fingerprint density at radius 1 is 1.16 bits per heavy atom. The van der Waals surface area contributed by atoms with Crippen molar-refractivity contribution in [1.29, 1.82) is 0 Å². The highest BCUT2D eigenvalue weighted by Crippen LogP contribution is 2.17. The summed E-state index contributed by atoms with van der Waals surface area (Å²) in [5, 5.41) is 3.54. The summed E-state index contributed by atoms with van der Waals surface area (Å²) >= 11 is 11.3. The number of hydrogen-bond acceptors (Lipinski definition) is 4. The van der Waals surface area contributed by atoms with Crippen LogP contribution in [0.25, 0.3) is 5.69 Å². The van der Waals surface area contributed by atoms with Gasteiger partial charge >= 0.3 is 10.2 Å². The van der Waals surface area contributed by atoms with Crippen LogP contribution in [-0.4, -0.2) is 18.2 Å². The fraction of sp³-hybridized carbons (Fsp3) is 0. The fourth-order valence-corrected chi connectivity index (χ4v) is 2.06. The number of nitrogens with zero attached hydrogens (tertiary/aromatic N) is 2. The monoisotopic (exact) mass is 322 g/mol. The molecule has 2 aromatic rings. The zero-order valence-electron chi connectivity index (χ0n) is 9.05. The van der Waals surface area contributed by atoms with E-state index < -0.39 is 20.7 Å². The average molecular weight is 323 g/mol. The summed E-state index contributed by atoms with van der Waals surface area (Å²) in [6.07, 6.45) is 1.17. The minimum atomic E-state index is -4.78. The standard InChI is InChI=1S/C10H5Cl2FN2O3S/c11-8-5-14-15(10(16)9(8)12)6-1-3-7(4-2-6)19(13,17)18/h1-5H. The van der Waals surface area contributed by atoms with Crippen molar-refractivity contribution < 1.29 is 12.3 Å². The number of halogens is 3. The lowest BCUT2D eigenvalue weighted by Crippen LogP contribution is -2.21. The van der Waals surface area contributed by atoms with Gasteiger partial charge in [0, 0.05) is 0 Å². The van der Waals surface area contributed by atoms with Crippen LogP contribution in [0.1, 0.15) is 0 Å². The van der Waals surface area contributed by atoms with Gasteiger partial charge < -0.3 is 0 Å². The van der Waals surface area contributed by atoms with Crippen molar-refractivity contribution in [1.82, 2.24) is 9.78 Å². The van der Waals surface area contributed by atoms with Crippen LogP contribution >= 0.6 is 23.2 Å². The molecular formula is C10H5Cl2FN2O3S. The molecule has 0 amide bonds. The highest BCUT2D eigenvalue weighted by molar-refractivity contribution is 7.86. The molecule has 0 unspecified atom stereocenters. The van der Waals surface area contributed by atoms with E-state index in [1.807, 2.05) is 0 Å². The van der Waals surface area contributed by atoms with E-state index in [9.17, 15) is 17.1 Å². The Morgan fingerprint density at radius 3 is 2.26 bits per heavy atom. The molecule has 1 heterocycles. The Labute approximate surface area is 117 Å². The molecule has 2 rings (SSSR count). The SMILES string of the molecule is O=c1c(Cl)c(Cl)cnn1-c1ccc(S(=O)(=O)F)cc1. The molecule has 9 heteroatoms. The van der Waals surface area contributed by atoms with Gasteiger partial charge in [-0.2, -0.15) is 18.2 Å². The molecule has 0 aliphatic heterocycles. The van der Waals surface area contributed by atoms with Crippen molar-refractivity contribution in [3.05, 3.63) is 50.9 Å². The van der Waals surface area contributed by atoms with Gasteiger partial charge in [0.15, 0.2) is 0 Å². The molecule has 1 aromatic heterocycles. The van der Waals surface area contributed by atoms with E-state index in [0.29, 0.717) is 0 Å². The average Bonchev–Trinajstić information content (AvgIpc) is 2.35. The maximum Gasteiger partial charge on any atom is 0.332 e. The van der Waals surface area contributed by atoms with E-state index in [-0.39, 0.29) is 15.7 Å². The predicted molar refractivity (Wildman–Crippen MR) is 68.1 cm³/mol. The van der Waals surface area contributed by atoms with Gasteiger partial charge in [0.1, 0.15) is 5.02 Å². The Kier molecular flexibility index (Phi) is 3.62. The van der Waals surface area contributed by atoms with Gasteiger partial charge in [-0.1, -0.05) is 23.2 Å². The summed E-state index contributed by atoms with van der Waals surface area (Å²) in [5.74, 6) is 0. The highest BCUT2D eigenvalue weighted by atomic mass is 35.5. The van der Waals surface area contributed by atoms with E-state index >= 15 is 0 Å². The molecule has 0 N–H and O–H groups in total. The minimum Gasteiger partial charge on any atom is -0.266 e. The van der Waals surface area contributed by atoms with Crippen LogP contribution < -0.4 is 5.56 Å². The van der Waals surface area contributed by atoms with Gasteiger partial charge in [0.05, 0.1) is 21.8 Å². The molecule has 0 bridgehead atoms. The van der Waals surface area contributed by atoms with Crippen molar-refractivity contribution >= 4 is 33.4 Å². The maximum absolute atomic E-state index is 12.7. The maximum atomic E-state index is 12.7. The molecule has 0 saturated heterocycles. The molecule has 100 valence electrons. The second kappa shape index (κ2) is 4.92. The quantitative estimate of drug-likeness (QED) is 0.795. The molecular weight excluding hydrogens is 318 g/mol. The van der Waals surface area contributed by atoms with Gasteiger partial charge in [0.25, 0.3) is 5.56 Å². The van der Waals surface area contributed by atoms with Crippen LogP contribution in [-0.2, 0) is 10.2 Å². The van der Waals surface area contributed by atoms with E-state index in [0.717, 1.165) is 16.8 Å². The Bertz CT molecular complexity index is 787. The van der Waals surface area contributed by atoms with Crippen molar-refractivity contribution in [3.63, 3.8) is 0 Å². The summed E-state index contributed by atoms with van der Waals surface area (Å²) < 4.78 is 34.9. The van der Waals surface area contributed by atoms with Gasteiger partial charge in [-0.15, -0.1) is 3.89 Å². The molecule has 1 aromatic carbocycles. The molecule has 0 spiro atoms. The molecule has 0 aliphatic carbocycles. The first kappa shape index (κ1) is 14.0. The Morgan fingerprint density at radius 2 is 1.74 bits per heavy atom. The summed E-state index contributed by atoms with van der Waals surface area (Å²) in [6.45, 7) is 0. The van der Waals surface area contributed by atoms with Crippen LogP contribution in [0.2, 0.25) is 10.0 Å². The number of rotatable bonds is 2. The van der Waals surface area contributed by atoms with Crippen molar-refractivity contribution in [3.8, 4) is 5.69 Å². The van der Waals surface area contributed by atoms with Crippen molar-refractivity contribution in [2.45, 2.75) is 4.90 Å². The molecule has 0 atom stereocenters. The second-order valence-corrected chi connectivity index (χ2v) is 5.59. The third-order valence-electron chi connectivity index (χ3n) is 2.24. The summed E-state index contributed by atoms with van der Waals surface area (Å²) in [7, 11) is -4.78. The Hall–Kier alpha value is -1.44. The van der Waals surface area contributed by atoms with Gasteiger partial charge in [0.2, 0.25) is 0 Å². The van der Waals surface area contributed by atoms with Crippen molar-refractivity contribution in [2.75, 3.05) is 0 Å². The Balaban J connectivity index is 2.56. The topological polar surface area (TPSA) is 69.0 Å². The van der Waals surface area contributed by atoms with Crippen LogP contribution in [0, 0.1) is 0 Å². The van der Waals surface area contributed by atoms with Crippen LogP contribution in [0.15, 0.2) is 40.2 Å². The van der Waals surface area contributed by atoms with Crippen LogP contribution in [0.5, 0.6) is 0 Å². The number of hydrogen-bond donors (Lipinski definition) is 0. The molecule has 0 fully saturated rings. The first-order valence-corrected chi connectivity index (χ1v) is 6.93. The zero-order chi connectivity index (χ0) is 14.2. The first-order valence-electron chi connectivity index (χ1n) is 4.79. The van der Waals surface area contributed by atoms with Crippen LogP contribution in [0.4, 0.5) is 3.89 Å². The molecule has 0 saturated carbocycles. The lowest BCUT2D eigenvalue weighted by atomic mass is 10.3. The molecule has 0 aliphatic rings. The first-order chi connectivity index (χ1) is 8.80.